The van der Waals surface area contributed by atoms with Gasteiger partial charge in [-0.15, -0.1) is 11.3 Å². The zero-order valence-electron chi connectivity index (χ0n) is 12.9. The summed E-state index contributed by atoms with van der Waals surface area (Å²) in [6.45, 7) is 0. The highest BCUT2D eigenvalue weighted by Gasteiger charge is 2.17. The third kappa shape index (κ3) is 3.14. The van der Waals surface area contributed by atoms with Gasteiger partial charge in [-0.2, -0.15) is 5.26 Å². The number of thiophene rings is 1. The standard InChI is InChI=1S/C19H13NO3S/c1-22-19(21)18-16(9-10-24-18)17-8-7-15(23-17)11-14(12-20)13-5-3-2-4-6-13/h2-11H,1H3. The topological polar surface area (TPSA) is 63.2 Å². The van der Waals surface area contributed by atoms with Gasteiger partial charge in [0, 0.05) is 5.56 Å². The van der Waals surface area contributed by atoms with E-state index in [0.717, 1.165) is 5.56 Å². The summed E-state index contributed by atoms with van der Waals surface area (Å²) in [5, 5.41) is 11.2. The maximum Gasteiger partial charge on any atom is 0.348 e. The van der Waals surface area contributed by atoms with Crippen LogP contribution in [-0.4, -0.2) is 13.1 Å². The minimum Gasteiger partial charge on any atom is -0.465 e. The van der Waals surface area contributed by atoms with Crippen LogP contribution in [0.3, 0.4) is 0 Å². The smallest absolute Gasteiger partial charge is 0.348 e. The average Bonchev–Trinajstić information content (AvgIpc) is 3.28. The molecule has 2 heterocycles. The first-order valence-electron chi connectivity index (χ1n) is 7.16. The molecule has 1 aromatic carbocycles. The van der Waals surface area contributed by atoms with E-state index in [1.807, 2.05) is 41.8 Å². The molecule has 0 bridgehead atoms. The van der Waals surface area contributed by atoms with E-state index < -0.39 is 5.97 Å². The number of benzene rings is 1. The molecule has 0 N–H and O–H groups in total. The van der Waals surface area contributed by atoms with Gasteiger partial charge in [0.1, 0.15) is 16.4 Å². The van der Waals surface area contributed by atoms with Crippen LogP contribution >= 0.6 is 11.3 Å². The molecular weight excluding hydrogens is 322 g/mol. The summed E-state index contributed by atoms with van der Waals surface area (Å²) in [6, 6.07) is 16.9. The fourth-order valence-corrected chi connectivity index (χ4v) is 3.08. The van der Waals surface area contributed by atoms with Crippen molar-refractivity contribution in [2.45, 2.75) is 0 Å². The Morgan fingerprint density at radius 2 is 2.00 bits per heavy atom. The van der Waals surface area contributed by atoms with E-state index in [1.165, 1.54) is 18.4 Å². The van der Waals surface area contributed by atoms with Crippen LogP contribution in [0.5, 0.6) is 0 Å². The lowest BCUT2D eigenvalue weighted by Gasteiger charge is -1.99. The number of furan rings is 1. The van der Waals surface area contributed by atoms with Gasteiger partial charge >= 0.3 is 5.97 Å². The maximum absolute atomic E-state index is 11.8. The summed E-state index contributed by atoms with van der Waals surface area (Å²) < 4.78 is 10.6. The van der Waals surface area contributed by atoms with Crippen LogP contribution in [0.2, 0.25) is 0 Å². The minimum atomic E-state index is -0.393. The molecule has 0 saturated heterocycles. The van der Waals surface area contributed by atoms with Crippen molar-refractivity contribution in [3.05, 3.63) is 70.1 Å². The van der Waals surface area contributed by atoms with Crippen molar-refractivity contribution in [2.75, 3.05) is 7.11 Å². The number of rotatable bonds is 4. The van der Waals surface area contributed by atoms with Gasteiger partial charge in [0.25, 0.3) is 0 Å². The molecule has 0 unspecified atom stereocenters. The van der Waals surface area contributed by atoms with Gasteiger partial charge in [0.05, 0.1) is 18.8 Å². The summed E-state index contributed by atoms with van der Waals surface area (Å²) in [5.74, 6) is 0.719. The van der Waals surface area contributed by atoms with Crippen molar-refractivity contribution in [1.29, 1.82) is 5.26 Å². The molecule has 0 aliphatic heterocycles. The van der Waals surface area contributed by atoms with Gasteiger partial charge in [0.2, 0.25) is 0 Å². The van der Waals surface area contributed by atoms with Crippen LogP contribution in [0, 0.1) is 11.3 Å². The fraction of sp³-hybridized carbons (Fsp3) is 0.0526. The predicted octanol–water partition coefficient (Wildman–Crippen LogP) is 4.86. The summed E-state index contributed by atoms with van der Waals surface area (Å²) in [7, 11) is 1.35. The number of hydrogen-bond donors (Lipinski definition) is 0. The Labute approximate surface area is 143 Å². The summed E-state index contributed by atoms with van der Waals surface area (Å²) in [6.07, 6.45) is 1.68. The molecule has 0 atom stereocenters. The van der Waals surface area contributed by atoms with E-state index >= 15 is 0 Å². The third-order valence-electron chi connectivity index (χ3n) is 3.42. The van der Waals surface area contributed by atoms with Gasteiger partial charge < -0.3 is 9.15 Å². The zero-order valence-corrected chi connectivity index (χ0v) is 13.7. The Kier molecular flexibility index (Phi) is 4.59. The van der Waals surface area contributed by atoms with E-state index in [1.54, 1.807) is 18.2 Å². The molecule has 3 rings (SSSR count). The SMILES string of the molecule is COC(=O)c1sccc1-c1ccc(C=C(C#N)c2ccccc2)o1. The van der Waals surface area contributed by atoms with Crippen LogP contribution < -0.4 is 0 Å². The first-order valence-corrected chi connectivity index (χ1v) is 8.04. The molecule has 118 valence electrons. The van der Waals surface area contributed by atoms with Gasteiger partial charge in [-0.3, -0.25) is 0 Å². The van der Waals surface area contributed by atoms with Crippen LogP contribution in [-0.2, 0) is 4.74 Å². The molecule has 0 amide bonds. The van der Waals surface area contributed by atoms with Gasteiger partial charge in [-0.1, -0.05) is 30.3 Å². The second kappa shape index (κ2) is 6.99. The second-order valence-corrected chi connectivity index (χ2v) is 5.81. The first-order chi connectivity index (χ1) is 11.7. The van der Waals surface area contributed by atoms with E-state index in [0.29, 0.717) is 27.5 Å². The lowest BCUT2D eigenvalue weighted by molar-refractivity contribution is 0.0607. The van der Waals surface area contributed by atoms with Crippen molar-refractivity contribution >= 4 is 29.0 Å². The molecular formula is C19H13NO3S. The number of allylic oxidation sites excluding steroid dienone is 1. The van der Waals surface area contributed by atoms with Crippen molar-refractivity contribution < 1.29 is 13.9 Å². The molecule has 0 saturated carbocycles. The van der Waals surface area contributed by atoms with E-state index in [2.05, 4.69) is 6.07 Å². The number of nitrogens with zero attached hydrogens (tertiary/aromatic N) is 1. The lowest BCUT2D eigenvalue weighted by Crippen LogP contribution is -1.99. The number of carbonyl (C=O) groups excluding carboxylic acids is 1. The highest BCUT2D eigenvalue weighted by atomic mass is 32.1. The molecule has 0 aliphatic carbocycles. The monoisotopic (exact) mass is 335 g/mol. The van der Waals surface area contributed by atoms with E-state index in [-0.39, 0.29) is 0 Å². The Hall–Kier alpha value is -3.10. The van der Waals surface area contributed by atoms with E-state index in [4.69, 9.17) is 9.15 Å². The van der Waals surface area contributed by atoms with Crippen molar-refractivity contribution in [1.82, 2.24) is 0 Å². The molecule has 4 nitrogen and oxygen atoms in total. The number of methoxy groups -OCH3 is 1. The van der Waals surface area contributed by atoms with Crippen LogP contribution in [0.4, 0.5) is 0 Å². The predicted molar refractivity (Wildman–Crippen MR) is 93.3 cm³/mol. The first kappa shape index (κ1) is 15.8. The normalized spacial score (nSPS) is 11.1. The average molecular weight is 335 g/mol. The largest absolute Gasteiger partial charge is 0.465 e. The number of nitriles is 1. The van der Waals surface area contributed by atoms with Crippen molar-refractivity contribution in [3.63, 3.8) is 0 Å². The van der Waals surface area contributed by atoms with Gasteiger partial charge in [0.15, 0.2) is 0 Å². The number of hydrogen-bond acceptors (Lipinski definition) is 5. The Bertz CT molecular complexity index is 929. The Morgan fingerprint density at radius 3 is 2.71 bits per heavy atom. The van der Waals surface area contributed by atoms with Crippen molar-refractivity contribution in [2.24, 2.45) is 0 Å². The van der Waals surface area contributed by atoms with Crippen LogP contribution in [0.1, 0.15) is 21.0 Å². The highest BCUT2D eigenvalue weighted by Crippen LogP contribution is 2.31. The van der Waals surface area contributed by atoms with E-state index in [9.17, 15) is 10.1 Å². The number of carbonyl (C=O) groups is 1. The molecule has 2 aromatic heterocycles. The van der Waals surface area contributed by atoms with Crippen LogP contribution in [0.25, 0.3) is 23.0 Å². The molecule has 5 heteroatoms. The summed E-state index contributed by atoms with van der Waals surface area (Å²) in [5.41, 5.74) is 2.02. The van der Waals surface area contributed by atoms with Crippen molar-refractivity contribution in [3.8, 4) is 17.4 Å². The van der Waals surface area contributed by atoms with Crippen LogP contribution in [0.15, 0.2) is 58.3 Å². The molecule has 0 radical (unpaired) electrons. The number of ether oxygens (including phenoxy) is 1. The molecule has 0 aliphatic rings. The maximum atomic E-state index is 11.8. The Balaban J connectivity index is 1.94. The minimum absolute atomic E-state index is 0.393. The molecule has 0 spiro atoms. The number of esters is 1. The summed E-state index contributed by atoms with van der Waals surface area (Å²) in [4.78, 5) is 12.3. The van der Waals surface area contributed by atoms with Gasteiger partial charge in [-0.25, -0.2) is 4.79 Å². The Morgan fingerprint density at radius 1 is 1.21 bits per heavy atom. The molecule has 3 aromatic rings. The third-order valence-corrected chi connectivity index (χ3v) is 4.31. The fourth-order valence-electron chi connectivity index (χ4n) is 2.27. The zero-order chi connectivity index (χ0) is 16.9. The summed E-state index contributed by atoms with van der Waals surface area (Å²) >= 11 is 1.30. The highest BCUT2D eigenvalue weighted by molar-refractivity contribution is 7.12. The molecule has 24 heavy (non-hydrogen) atoms. The van der Waals surface area contributed by atoms with Gasteiger partial charge in [-0.05, 0) is 35.2 Å². The lowest BCUT2D eigenvalue weighted by atomic mass is 10.1. The second-order valence-electron chi connectivity index (χ2n) is 4.89. The molecule has 0 fully saturated rings. The quantitative estimate of drug-likeness (QED) is 0.504.